The standard InChI is InChI=1S/C8H18OSi/c1-5-6-7-8-9-10(2,3)4/h5-6H,7-8H2,1-4H3. The van der Waals surface area contributed by atoms with E-state index in [1.807, 2.05) is 6.92 Å². The van der Waals surface area contributed by atoms with Crippen molar-refractivity contribution in [3.05, 3.63) is 12.2 Å². The minimum atomic E-state index is -1.24. The summed E-state index contributed by atoms with van der Waals surface area (Å²) >= 11 is 0. The molecule has 0 aromatic rings. The zero-order valence-electron chi connectivity index (χ0n) is 7.48. The molecule has 0 aliphatic heterocycles. The maximum absolute atomic E-state index is 5.62. The van der Waals surface area contributed by atoms with E-state index < -0.39 is 8.32 Å². The third-order valence-corrected chi connectivity index (χ3v) is 2.13. The summed E-state index contributed by atoms with van der Waals surface area (Å²) < 4.78 is 5.62. The molecule has 0 atom stereocenters. The van der Waals surface area contributed by atoms with Crippen LogP contribution in [0, 0.1) is 0 Å². The summed E-state index contributed by atoms with van der Waals surface area (Å²) in [5.74, 6) is 0. The average molecular weight is 158 g/mol. The summed E-state index contributed by atoms with van der Waals surface area (Å²) in [6, 6.07) is 0. The highest BCUT2D eigenvalue weighted by Gasteiger charge is 2.12. The molecule has 0 fully saturated rings. The highest BCUT2D eigenvalue weighted by molar-refractivity contribution is 6.69. The number of allylic oxidation sites excluding steroid dienone is 1. The van der Waals surface area contributed by atoms with Crippen LogP contribution in [0.25, 0.3) is 0 Å². The van der Waals surface area contributed by atoms with Crippen LogP contribution in [0.2, 0.25) is 19.6 Å². The van der Waals surface area contributed by atoms with E-state index in [0.717, 1.165) is 13.0 Å². The molecule has 0 aromatic carbocycles. The first-order valence-corrected chi connectivity index (χ1v) is 7.22. The lowest BCUT2D eigenvalue weighted by Gasteiger charge is -2.15. The lowest BCUT2D eigenvalue weighted by Crippen LogP contribution is -2.25. The number of hydrogen-bond acceptors (Lipinski definition) is 1. The van der Waals surface area contributed by atoms with Crippen LogP contribution >= 0.6 is 0 Å². The van der Waals surface area contributed by atoms with E-state index in [1.165, 1.54) is 0 Å². The third kappa shape index (κ3) is 7.92. The Hall–Kier alpha value is -0.0831. The summed E-state index contributed by atoms with van der Waals surface area (Å²) in [4.78, 5) is 0. The highest BCUT2D eigenvalue weighted by atomic mass is 28.4. The first-order valence-electron chi connectivity index (χ1n) is 3.81. The maximum Gasteiger partial charge on any atom is 0.183 e. The molecule has 1 nitrogen and oxygen atoms in total. The molecule has 0 unspecified atom stereocenters. The van der Waals surface area contributed by atoms with Crippen LogP contribution in [0.1, 0.15) is 13.3 Å². The molecule has 0 aliphatic carbocycles. The molecule has 0 saturated heterocycles. The monoisotopic (exact) mass is 158 g/mol. The molecule has 10 heavy (non-hydrogen) atoms. The van der Waals surface area contributed by atoms with Crippen LogP contribution in [0.5, 0.6) is 0 Å². The van der Waals surface area contributed by atoms with Gasteiger partial charge in [0, 0.05) is 6.61 Å². The smallest absolute Gasteiger partial charge is 0.183 e. The molecule has 0 saturated carbocycles. The second-order valence-electron chi connectivity index (χ2n) is 3.32. The van der Waals surface area contributed by atoms with Crippen molar-refractivity contribution in [1.29, 1.82) is 0 Å². The SMILES string of the molecule is CC=CCCO[Si](C)(C)C. The van der Waals surface area contributed by atoms with E-state index in [-0.39, 0.29) is 0 Å². The molecule has 0 heterocycles. The quantitative estimate of drug-likeness (QED) is 0.347. The summed E-state index contributed by atoms with van der Waals surface area (Å²) in [6.07, 6.45) is 5.26. The van der Waals surface area contributed by atoms with E-state index in [0.29, 0.717) is 0 Å². The molecule has 0 N–H and O–H groups in total. The Balaban J connectivity index is 3.20. The summed E-state index contributed by atoms with van der Waals surface area (Å²) in [6.45, 7) is 9.56. The Morgan fingerprint density at radius 2 is 1.90 bits per heavy atom. The molecular formula is C8H18OSi. The van der Waals surface area contributed by atoms with Gasteiger partial charge in [-0.25, -0.2) is 0 Å². The van der Waals surface area contributed by atoms with E-state index in [1.54, 1.807) is 0 Å². The van der Waals surface area contributed by atoms with Gasteiger partial charge >= 0.3 is 0 Å². The summed E-state index contributed by atoms with van der Waals surface area (Å²) in [5, 5.41) is 0. The van der Waals surface area contributed by atoms with Crippen LogP contribution in [0.3, 0.4) is 0 Å². The average Bonchev–Trinajstić information content (AvgIpc) is 1.78. The molecule has 2 heteroatoms. The van der Waals surface area contributed by atoms with E-state index in [9.17, 15) is 0 Å². The van der Waals surface area contributed by atoms with E-state index in [4.69, 9.17) is 4.43 Å². The van der Waals surface area contributed by atoms with Crippen LogP contribution in [0.4, 0.5) is 0 Å². The Labute approximate surface area is 65.2 Å². The minimum Gasteiger partial charge on any atom is -0.417 e. The van der Waals surface area contributed by atoms with Crippen LogP contribution in [0.15, 0.2) is 12.2 Å². The van der Waals surface area contributed by atoms with Crippen LogP contribution in [-0.4, -0.2) is 14.9 Å². The van der Waals surface area contributed by atoms with Crippen molar-refractivity contribution in [3.63, 3.8) is 0 Å². The fraction of sp³-hybridized carbons (Fsp3) is 0.750. The van der Waals surface area contributed by atoms with Crippen molar-refractivity contribution in [2.24, 2.45) is 0 Å². The zero-order chi connectivity index (χ0) is 8.04. The molecule has 0 bridgehead atoms. The molecule has 0 amide bonds. The lowest BCUT2D eigenvalue weighted by molar-refractivity contribution is 0.319. The highest BCUT2D eigenvalue weighted by Crippen LogP contribution is 2.02. The third-order valence-electron chi connectivity index (χ3n) is 1.06. The van der Waals surface area contributed by atoms with Gasteiger partial charge in [0.15, 0.2) is 8.32 Å². The summed E-state index contributed by atoms with van der Waals surface area (Å²) in [7, 11) is -1.24. The normalized spacial score (nSPS) is 12.8. The van der Waals surface area contributed by atoms with Crippen molar-refractivity contribution < 1.29 is 4.43 Å². The number of rotatable bonds is 4. The Kier molecular flexibility index (Phi) is 4.65. The predicted octanol–water partition coefficient (Wildman–Crippen LogP) is 2.80. The first-order chi connectivity index (χ1) is 4.56. The molecule has 0 aliphatic rings. The van der Waals surface area contributed by atoms with Gasteiger partial charge in [0.05, 0.1) is 0 Å². The Morgan fingerprint density at radius 3 is 2.30 bits per heavy atom. The van der Waals surface area contributed by atoms with Gasteiger partial charge in [-0.2, -0.15) is 0 Å². The Bertz CT molecular complexity index is 102. The van der Waals surface area contributed by atoms with Crippen molar-refractivity contribution >= 4 is 8.32 Å². The summed E-state index contributed by atoms with van der Waals surface area (Å²) in [5.41, 5.74) is 0. The minimum absolute atomic E-state index is 0.889. The molecule has 0 spiro atoms. The Morgan fingerprint density at radius 1 is 1.30 bits per heavy atom. The molecule has 60 valence electrons. The van der Waals surface area contributed by atoms with Gasteiger partial charge in [0.2, 0.25) is 0 Å². The van der Waals surface area contributed by atoms with Crippen LogP contribution < -0.4 is 0 Å². The molecule has 0 rings (SSSR count). The van der Waals surface area contributed by atoms with E-state index >= 15 is 0 Å². The molecular weight excluding hydrogens is 140 g/mol. The fourth-order valence-electron chi connectivity index (χ4n) is 0.600. The largest absolute Gasteiger partial charge is 0.417 e. The van der Waals surface area contributed by atoms with Crippen LogP contribution in [-0.2, 0) is 4.43 Å². The van der Waals surface area contributed by atoms with E-state index in [2.05, 4.69) is 31.8 Å². The number of hydrogen-bond donors (Lipinski definition) is 0. The van der Waals surface area contributed by atoms with Gasteiger partial charge in [-0.3, -0.25) is 0 Å². The molecule has 0 radical (unpaired) electrons. The first kappa shape index (κ1) is 9.92. The van der Waals surface area contributed by atoms with Crippen molar-refractivity contribution in [2.75, 3.05) is 6.61 Å². The van der Waals surface area contributed by atoms with Gasteiger partial charge in [-0.1, -0.05) is 12.2 Å². The van der Waals surface area contributed by atoms with Crippen molar-refractivity contribution in [2.45, 2.75) is 33.0 Å². The van der Waals surface area contributed by atoms with Gasteiger partial charge in [-0.05, 0) is 33.0 Å². The predicted molar refractivity (Wildman–Crippen MR) is 48.7 cm³/mol. The maximum atomic E-state index is 5.62. The van der Waals surface area contributed by atoms with Crippen molar-refractivity contribution in [3.8, 4) is 0 Å². The van der Waals surface area contributed by atoms with Gasteiger partial charge in [0.25, 0.3) is 0 Å². The topological polar surface area (TPSA) is 9.23 Å². The second-order valence-corrected chi connectivity index (χ2v) is 7.83. The zero-order valence-corrected chi connectivity index (χ0v) is 8.48. The van der Waals surface area contributed by atoms with Gasteiger partial charge in [0.1, 0.15) is 0 Å². The second kappa shape index (κ2) is 4.69. The van der Waals surface area contributed by atoms with Gasteiger partial charge in [-0.15, -0.1) is 0 Å². The lowest BCUT2D eigenvalue weighted by atomic mass is 10.4. The van der Waals surface area contributed by atoms with Gasteiger partial charge < -0.3 is 4.43 Å². The fourth-order valence-corrected chi connectivity index (χ4v) is 1.33. The molecule has 0 aromatic heterocycles. The van der Waals surface area contributed by atoms with Crippen molar-refractivity contribution in [1.82, 2.24) is 0 Å².